The van der Waals surface area contributed by atoms with Crippen molar-refractivity contribution < 1.29 is 28.8 Å². The molecule has 0 aromatic carbocycles. The molecule has 2 atom stereocenters. The summed E-state index contributed by atoms with van der Waals surface area (Å²) in [6, 6.07) is 0. The third-order valence-electron chi connectivity index (χ3n) is 2.80. The second-order valence-electron chi connectivity index (χ2n) is 6.07. The number of esters is 1. The van der Waals surface area contributed by atoms with E-state index in [9.17, 15) is 9.90 Å². The maximum absolute atomic E-state index is 11.6. The lowest BCUT2D eigenvalue weighted by atomic mass is 9.97. The molecule has 6 heteroatoms. The molecular weight excluding hydrogens is 288 g/mol. The third-order valence-corrected chi connectivity index (χ3v) is 2.80. The monoisotopic (exact) mass is 318 g/mol. The first-order valence-electron chi connectivity index (χ1n) is 7.45. The van der Waals surface area contributed by atoms with E-state index in [1.54, 1.807) is 34.0 Å². The molecule has 0 saturated carbocycles. The van der Waals surface area contributed by atoms with Crippen LogP contribution in [0.5, 0.6) is 0 Å². The van der Waals surface area contributed by atoms with Crippen molar-refractivity contribution in [1.29, 1.82) is 0 Å². The van der Waals surface area contributed by atoms with Crippen LogP contribution in [0, 0.1) is 5.41 Å². The van der Waals surface area contributed by atoms with Gasteiger partial charge in [-0.3, -0.25) is 4.79 Å². The lowest BCUT2D eigenvalue weighted by Gasteiger charge is -2.22. The molecule has 0 unspecified atom stereocenters. The summed E-state index contributed by atoms with van der Waals surface area (Å²) in [5.74, 6) is -0.337. The number of hydrogen-bond donors (Lipinski definition) is 1. The number of methoxy groups -OCH3 is 1. The Morgan fingerprint density at radius 3 is 2.55 bits per heavy atom. The maximum Gasteiger partial charge on any atom is 0.311 e. The molecule has 22 heavy (non-hydrogen) atoms. The van der Waals surface area contributed by atoms with Crippen LogP contribution in [0.3, 0.4) is 0 Å². The van der Waals surface area contributed by atoms with E-state index in [2.05, 4.69) is 6.58 Å². The predicted octanol–water partition coefficient (Wildman–Crippen LogP) is 1.91. The Morgan fingerprint density at radius 2 is 2.00 bits per heavy atom. The van der Waals surface area contributed by atoms with Gasteiger partial charge in [-0.05, 0) is 27.2 Å². The van der Waals surface area contributed by atoms with Gasteiger partial charge in [-0.25, -0.2) is 0 Å². The first-order valence-corrected chi connectivity index (χ1v) is 7.45. The summed E-state index contributed by atoms with van der Waals surface area (Å²) in [6.07, 6.45) is 1.63. The van der Waals surface area contributed by atoms with Gasteiger partial charge < -0.3 is 24.1 Å². The summed E-state index contributed by atoms with van der Waals surface area (Å²) < 4.78 is 20.7. The molecular formula is C16H30O6. The van der Waals surface area contributed by atoms with Crippen LogP contribution in [0.4, 0.5) is 0 Å². The van der Waals surface area contributed by atoms with Crippen molar-refractivity contribution >= 4 is 5.97 Å². The first-order chi connectivity index (χ1) is 10.3. The molecule has 0 rings (SSSR count). The summed E-state index contributed by atoms with van der Waals surface area (Å²) in [6.45, 7) is 9.99. The molecule has 0 bridgehead atoms. The number of carbonyl (C=O) groups excluding carboxylic acids is 1. The minimum Gasteiger partial charge on any atom is -0.463 e. The van der Waals surface area contributed by atoms with E-state index in [0.717, 1.165) is 0 Å². The average molecular weight is 318 g/mol. The van der Waals surface area contributed by atoms with Crippen molar-refractivity contribution in [3.63, 3.8) is 0 Å². The van der Waals surface area contributed by atoms with E-state index in [0.29, 0.717) is 26.1 Å². The Morgan fingerprint density at radius 1 is 1.32 bits per heavy atom. The highest BCUT2D eigenvalue weighted by Gasteiger charge is 2.24. The second-order valence-corrected chi connectivity index (χ2v) is 6.07. The number of hydrogen-bond acceptors (Lipinski definition) is 6. The Labute approximate surface area is 133 Å². The van der Waals surface area contributed by atoms with Crippen molar-refractivity contribution in [3.05, 3.63) is 12.7 Å². The molecule has 0 spiro atoms. The topological polar surface area (TPSA) is 74.2 Å². The summed E-state index contributed by atoms with van der Waals surface area (Å²) >= 11 is 0. The third kappa shape index (κ3) is 10.7. The molecule has 0 saturated heterocycles. The van der Waals surface area contributed by atoms with Crippen molar-refractivity contribution in [3.8, 4) is 0 Å². The normalized spacial score (nSPS) is 14.4. The van der Waals surface area contributed by atoms with Crippen LogP contribution in [0.15, 0.2) is 12.7 Å². The molecule has 0 aliphatic rings. The minimum atomic E-state index is -0.782. The van der Waals surface area contributed by atoms with E-state index >= 15 is 0 Å². The van der Waals surface area contributed by atoms with Crippen LogP contribution in [-0.4, -0.2) is 57.0 Å². The summed E-state index contributed by atoms with van der Waals surface area (Å²) in [4.78, 5) is 11.6. The van der Waals surface area contributed by atoms with Crippen LogP contribution in [0.2, 0.25) is 0 Å². The van der Waals surface area contributed by atoms with Gasteiger partial charge >= 0.3 is 5.97 Å². The molecule has 0 radical (unpaired) electrons. The number of rotatable bonds is 12. The van der Waals surface area contributed by atoms with Crippen molar-refractivity contribution in [2.75, 3.05) is 33.7 Å². The second kappa shape index (κ2) is 11.6. The van der Waals surface area contributed by atoms with Crippen molar-refractivity contribution in [2.24, 2.45) is 5.41 Å². The van der Waals surface area contributed by atoms with Crippen molar-refractivity contribution in [1.82, 2.24) is 0 Å². The highest BCUT2D eigenvalue weighted by Crippen LogP contribution is 2.16. The zero-order valence-electron chi connectivity index (χ0n) is 14.2. The number of ether oxygens (including phenoxy) is 4. The van der Waals surface area contributed by atoms with E-state index in [1.807, 2.05) is 0 Å². The molecule has 0 fully saturated rings. The summed E-state index contributed by atoms with van der Waals surface area (Å²) in [5, 5.41) is 9.95. The molecule has 0 aliphatic carbocycles. The van der Waals surface area contributed by atoms with Gasteiger partial charge in [0.05, 0.1) is 30.8 Å². The molecule has 0 amide bonds. The highest BCUT2D eigenvalue weighted by atomic mass is 16.7. The average Bonchev–Trinajstić information content (AvgIpc) is 2.43. The van der Waals surface area contributed by atoms with E-state index in [1.165, 1.54) is 0 Å². The zero-order chi connectivity index (χ0) is 17.0. The van der Waals surface area contributed by atoms with Crippen LogP contribution in [0.1, 0.15) is 33.6 Å². The highest BCUT2D eigenvalue weighted by molar-refractivity contribution is 5.75. The zero-order valence-corrected chi connectivity index (χ0v) is 14.2. The van der Waals surface area contributed by atoms with Crippen LogP contribution < -0.4 is 0 Å². The Balaban J connectivity index is 4.04. The fourth-order valence-electron chi connectivity index (χ4n) is 1.52. The van der Waals surface area contributed by atoms with Crippen LogP contribution in [-0.2, 0) is 23.7 Å². The Bertz CT molecular complexity index is 310. The fraction of sp³-hybridized carbons (Fsp3) is 0.812. The quantitative estimate of drug-likeness (QED) is 0.256. The van der Waals surface area contributed by atoms with Gasteiger partial charge in [-0.2, -0.15) is 0 Å². The lowest BCUT2D eigenvalue weighted by Crippen LogP contribution is -2.30. The van der Waals surface area contributed by atoms with Crippen molar-refractivity contribution in [2.45, 2.75) is 45.8 Å². The molecule has 0 heterocycles. The Hall–Kier alpha value is -0.950. The fourth-order valence-corrected chi connectivity index (χ4v) is 1.52. The number of carbonyl (C=O) groups is 1. The van der Waals surface area contributed by atoms with Crippen LogP contribution in [0.25, 0.3) is 0 Å². The van der Waals surface area contributed by atoms with Gasteiger partial charge in [0.2, 0.25) is 0 Å². The summed E-state index contributed by atoms with van der Waals surface area (Å²) in [7, 11) is 1.60. The van der Waals surface area contributed by atoms with E-state index < -0.39 is 11.5 Å². The van der Waals surface area contributed by atoms with Gasteiger partial charge in [-0.1, -0.05) is 6.08 Å². The molecule has 130 valence electrons. The SMILES string of the molecule is C=CC[C@H](C[C@H](O)COC(=O)C(C)(C)C)OCOCCOC. The largest absolute Gasteiger partial charge is 0.463 e. The van der Waals surface area contributed by atoms with Gasteiger partial charge in [0.15, 0.2) is 0 Å². The smallest absolute Gasteiger partial charge is 0.311 e. The van der Waals surface area contributed by atoms with E-state index in [-0.39, 0.29) is 25.5 Å². The van der Waals surface area contributed by atoms with Gasteiger partial charge in [0.1, 0.15) is 13.4 Å². The van der Waals surface area contributed by atoms with Gasteiger partial charge in [0, 0.05) is 13.5 Å². The molecule has 1 N–H and O–H groups in total. The minimum absolute atomic E-state index is 0.0440. The Kier molecular flexibility index (Phi) is 11.1. The number of aliphatic hydroxyl groups excluding tert-OH is 1. The predicted molar refractivity (Wildman–Crippen MR) is 83.4 cm³/mol. The first kappa shape index (κ1) is 21.0. The lowest BCUT2D eigenvalue weighted by molar-refractivity contribution is -0.157. The molecule has 0 aromatic rings. The van der Waals surface area contributed by atoms with Crippen LogP contribution >= 0.6 is 0 Å². The summed E-state index contributed by atoms with van der Waals surface area (Å²) in [5.41, 5.74) is -0.577. The van der Waals surface area contributed by atoms with Gasteiger partial charge in [-0.15, -0.1) is 6.58 Å². The molecule has 0 aromatic heterocycles. The number of aliphatic hydroxyl groups is 1. The molecule has 0 aliphatic heterocycles. The standard InChI is InChI=1S/C16H30O6/c1-6-7-14(22-12-20-9-8-19-5)10-13(17)11-21-15(18)16(2,3)4/h6,13-14,17H,1,7-12H2,2-5H3/t13-,14+/m0/s1. The maximum atomic E-state index is 11.6. The van der Waals surface area contributed by atoms with E-state index in [4.69, 9.17) is 18.9 Å². The van der Waals surface area contributed by atoms with Gasteiger partial charge in [0.25, 0.3) is 0 Å². The molecule has 6 nitrogen and oxygen atoms in total.